The highest BCUT2D eigenvalue weighted by atomic mass is 16.5. The van der Waals surface area contributed by atoms with Gasteiger partial charge in [-0.15, -0.1) is 0 Å². The van der Waals surface area contributed by atoms with E-state index < -0.39 is 0 Å². The third-order valence-electron chi connectivity index (χ3n) is 2.37. The smallest absolute Gasteiger partial charge is 0.325 e. The Morgan fingerprint density at radius 1 is 1.19 bits per heavy atom. The average molecular weight is 222 g/mol. The van der Waals surface area contributed by atoms with Crippen LogP contribution in [0.4, 0.5) is 11.4 Å². The van der Waals surface area contributed by atoms with Crippen molar-refractivity contribution < 1.29 is 9.53 Å². The molecule has 0 amide bonds. The van der Waals surface area contributed by atoms with Gasteiger partial charge in [0.05, 0.1) is 18.5 Å². The number of esters is 1. The van der Waals surface area contributed by atoms with Gasteiger partial charge in [-0.3, -0.25) is 4.79 Å². The minimum Gasteiger partial charge on any atom is -0.468 e. The predicted molar refractivity (Wildman–Crippen MR) is 66.1 cm³/mol. The second kappa shape index (κ2) is 5.39. The third-order valence-corrected chi connectivity index (χ3v) is 2.37. The van der Waals surface area contributed by atoms with E-state index in [2.05, 4.69) is 4.74 Å². The van der Waals surface area contributed by atoms with E-state index in [9.17, 15) is 4.79 Å². The molecule has 16 heavy (non-hydrogen) atoms. The molecule has 0 unspecified atom stereocenters. The molecular formula is C12H18N2O2. The molecule has 0 atom stereocenters. The van der Waals surface area contributed by atoms with E-state index in [0.29, 0.717) is 0 Å². The van der Waals surface area contributed by atoms with Crippen LogP contribution < -0.4 is 9.80 Å². The minimum absolute atomic E-state index is 0.240. The van der Waals surface area contributed by atoms with Crippen molar-refractivity contribution in [3.8, 4) is 0 Å². The molecule has 1 aromatic rings. The molecule has 0 bridgehead atoms. The van der Waals surface area contributed by atoms with E-state index >= 15 is 0 Å². The van der Waals surface area contributed by atoms with Crippen LogP contribution in [0.1, 0.15) is 0 Å². The molecule has 1 aromatic carbocycles. The fourth-order valence-corrected chi connectivity index (χ4v) is 1.51. The highest BCUT2D eigenvalue weighted by Crippen LogP contribution is 2.26. The van der Waals surface area contributed by atoms with Crippen molar-refractivity contribution in [1.82, 2.24) is 0 Å². The average Bonchev–Trinajstić information content (AvgIpc) is 2.28. The molecule has 0 aromatic heterocycles. The number of carbonyl (C=O) groups excluding carboxylic acids is 1. The van der Waals surface area contributed by atoms with Crippen LogP contribution in [0.5, 0.6) is 0 Å². The number of rotatable bonds is 4. The first-order valence-electron chi connectivity index (χ1n) is 5.10. The topological polar surface area (TPSA) is 32.8 Å². The first-order chi connectivity index (χ1) is 7.56. The van der Waals surface area contributed by atoms with E-state index in [1.165, 1.54) is 7.11 Å². The van der Waals surface area contributed by atoms with E-state index in [4.69, 9.17) is 0 Å². The lowest BCUT2D eigenvalue weighted by molar-refractivity contribution is -0.138. The number of carbonyl (C=O) groups is 1. The van der Waals surface area contributed by atoms with Crippen molar-refractivity contribution in [3.05, 3.63) is 24.3 Å². The van der Waals surface area contributed by atoms with Crippen molar-refractivity contribution >= 4 is 17.3 Å². The van der Waals surface area contributed by atoms with Crippen LogP contribution >= 0.6 is 0 Å². The summed E-state index contributed by atoms with van der Waals surface area (Å²) in [6.07, 6.45) is 0. The summed E-state index contributed by atoms with van der Waals surface area (Å²) in [7, 11) is 7.23. The van der Waals surface area contributed by atoms with Gasteiger partial charge in [-0.1, -0.05) is 12.1 Å². The molecule has 0 N–H and O–H groups in total. The molecule has 88 valence electrons. The zero-order valence-corrected chi connectivity index (χ0v) is 10.2. The Bertz CT molecular complexity index is 364. The molecule has 1 rings (SSSR count). The Morgan fingerprint density at radius 3 is 2.25 bits per heavy atom. The maximum atomic E-state index is 11.2. The van der Waals surface area contributed by atoms with Gasteiger partial charge >= 0.3 is 5.97 Å². The summed E-state index contributed by atoms with van der Waals surface area (Å²) >= 11 is 0. The number of hydrogen-bond acceptors (Lipinski definition) is 4. The summed E-state index contributed by atoms with van der Waals surface area (Å²) in [5, 5.41) is 0. The molecule has 0 fully saturated rings. The van der Waals surface area contributed by atoms with E-state index in [0.717, 1.165) is 11.4 Å². The SMILES string of the molecule is COC(=O)CN(C)c1ccccc1N(C)C. The number of para-hydroxylation sites is 2. The maximum Gasteiger partial charge on any atom is 0.325 e. The van der Waals surface area contributed by atoms with Gasteiger partial charge < -0.3 is 14.5 Å². The van der Waals surface area contributed by atoms with Crippen LogP contribution in [0.3, 0.4) is 0 Å². The number of nitrogens with zero attached hydrogens (tertiary/aromatic N) is 2. The van der Waals surface area contributed by atoms with Crippen LogP contribution in [0.2, 0.25) is 0 Å². The fourth-order valence-electron chi connectivity index (χ4n) is 1.51. The molecule has 0 radical (unpaired) electrons. The van der Waals surface area contributed by atoms with Crippen molar-refractivity contribution in [2.45, 2.75) is 0 Å². The lowest BCUT2D eigenvalue weighted by Gasteiger charge is -2.24. The molecule has 4 nitrogen and oxygen atoms in total. The highest BCUT2D eigenvalue weighted by molar-refractivity contribution is 5.79. The standard InChI is InChI=1S/C12H18N2O2/c1-13(2)10-7-5-6-8-11(10)14(3)9-12(15)16-4/h5-8H,9H2,1-4H3. The first-order valence-corrected chi connectivity index (χ1v) is 5.10. The van der Waals surface area contributed by atoms with Gasteiger partial charge in [0, 0.05) is 21.1 Å². The third kappa shape index (κ3) is 2.89. The van der Waals surface area contributed by atoms with E-state index in [-0.39, 0.29) is 12.5 Å². The Morgan fingerprint density at radius 2 is 1.75 bits per heavy atom. The molecule has 0 aliphatic heterocycles. The van der Waals surface area contributed by atoms with Crippen LogP contribution in [-0.4, -0.2) is 40.8 Å². The molecule has 4 heteroatoms. The number of hydrogen-bond donors (Lipinski definition) is 0. The van der Waals surface area contributed by atoms with Gasteiger partial charge in [0.1, 0.15) is 6.54 Å². The van der Waals surface area contributed by atoms with Crippen molar-refractivity contribution in [2.75, 3.05) is 44.6 Å². The second-order valence-corrected chi connectivity index (χ2v) is 3.82. The quantitative estimate of drug-likeness (QED) is 0.720. The summed E-state index contributed by atoms with van der Waals surface area (Å²) in [5.41, 5.74) is 2.09. The van der Waals surface area contributed by atoms with Crippen molar-refractivity contribution in [1.29, 1.82) is 0 Å². The number of benzene rings is 1. The molecular weight excluding hydrogens is 204 g/mol. The number of likely N-dealkylation sites (N-methyl/N-ethyl adjacent to an activating group) is 1. The Labute approximate surface area is 96.4 Å². The Kier molecular flexibility index (Phi) is 4.17. The number of anilines is 2. The Hall–Kier alpha value is -1.71. The second-order valence-electron chi connectivity index (χ2n) is 3.82. The Balaban J connectivity index is 2.90. The van der Waals surface area contributed by atoms with Crippen molar-refractivity contribution in [2.24, 2.45) is 0 Å². The zero-order valence-electron chi connectivity index (χ0n) is 10.2. The maximum absolute atomic E-state index is 11.2. The molecule has 0 aliphatic rings. The van der Waals surface area contributed by atoms with Gasteiger partial charge in [-0.2, -0.15) is 0 Å². The van der Waals surface area contributed by atoms with Crippen LogP contribution in [0, 0.1) is 0 Å². The molecule has 0 saturated heterocycles. The van der Waals surface area contributed by atoms with Crippen LogP contribution in [0.25, 0.3) is 0 Å². The first kappa shape index (κ1) is 12.4. The van der Waals surface area contributed by atoms with Gasteiger partial charge in [-0.25, -0.2) is 0 Å². The summed E-state index contributed by atoms with van der Waals surface area (Å²) in [6.45, 7) is 0.251. The van der Waals surface area contributed by atoms with E-state index in [1.807, 2.05) is 55.2 Å². The van der Waals surface area contributed by atoms with Gasteiger partial charge in [-0.05, 0) is 12.1 Å². The summed E-state index contributed by atoms with van der Waals surface area (Å²) in [5.74, 6) is -0.240. The zero-order chi connectivity index (χ0) is 12.1. The van der Waals surface area contributed by atoms with Crippen LogP contribution in [0.15, 0.2) is 24.3 Å². The molecule has 0 saturated carbocycles. The molecule has 0 heterocycles. The lowest BCUT2D eigenvalue weighted by atomic mass is 10.2. The predicted octanol–water partition coefficient (Wildman–Crippen LogP) is 1.36. The van der Waals surface area contributed by atoms with Gasteiger partial charge in [0.15, 0.2) is 0 Å². The number of methoxy groups -OCH3 is 1. The fraction of sp³-hybridized carbons (Fsp3) is 0.417. The summed E-state index contributed by atoms with van der Waals surface area (Å²) in [6, 6.07) is 7.93. The monoisotopic (exact) mass is 222 g/mol. The van der Waals surface area contributed by atoms with Gasteiger partial charge in [0.25, 0.3) is 0 Å². The largest absolute Gasteiger partial charge is 0.468 e. The molecule has 0 aliphatic carbocycles. The lowest BCUT2D eigenvalue weighted by Crippen LogP contribution is -2.27. The molecule has 0 spiro atoms. The normalized spacial score (nSPS) is 9.75. The summed E-state index contributed by atoms with van der Waals surface area (Å²) in [4.78, 5) is 15.1. The highest BCUT2D eigenvalue weighted by Gasteiger charge is 2.11. The van der Waals surface area contributed by atoms with Gasteiger partial charge in [0.2, 0.25) is 0 Å². The number of ether oxygens (including phenoxy) is 1. The van der Waals surface area contributed by atoms with E-state index in [1.54, 1.807) is 0 Å². The van der Waals surface area contributed by atoms with Crippen LogP contribution in [-0.2, 0) is 9.53 Å². The van der Waals surface area contributed by atoms with Crippen molar-refractivity contribution in [3.63, 3.8) is 0 Å². The minimum atomic E-state index is -0.240. The summed E-state index contributed by atoms with van der Waals surface area (Å²) < 4.78 is 4.65.